The van der Waals surface area contributed by atoms with E-state index in [2.05, 4.69) is 6.07 Å². The zero-order valence-electron chi connectivity index (χ0n) is 11.4. The van der Waals surface area contributed by atoms with Crippen molar-refractivity contribution < 1.29 is 9.53 Å². The lowest BCUT2D eigenvalue weighted by molar-refractivity contribution is -0.133. The number of carbonyl (C=O) groups excluding carboxylic acids is 1. The lowest BCUT2D eigenvalue weighted by Crippen LogP contribution is -2.42. The van der Waals surface area contributed by atoms with Crippen molar-refractivity contribution >= 4 is 5.91 Å². The van der Waals surface area contributed by atoms with Gasteiger partial charge in [0.15, 0.2) is 5.75 Å². The highest BCUT2D eigenvalue weighted by molar-refractivity contribution is 5.76. The Kier molecular flexibility index (Phi) is 4.41. The first kappa shape index (κ1) is 14.1. The smallest absolute Gasteiger partial charge is 0.293 e. The molecular formula is C14H17N3O3. The van der Waals surface area contributed by atoms with Crippen molar-refractivity contribution in [3.05, 3.63) is 28.7 Å². The van der Waals surface area contributed by atoms with Crippen LogP contribution in [-0.4, -0.2) is 35.6 Å². The number of carbonyl (C=O) groups is 1. The third-order valence-electron chi connectivity index (χ3n) is 3.47. The lowest BCUT2D eigenvalue weighted by Gasteiger charge is -2.29. The number of piperidine rings is 1. The molecule has 0 aliphatic carbocycles. The number of nitrogens with zero attached hydrogens (tertiary/aromatic N) is 3. The summed E-state index contributed by atoms with van der Waals surface area (Å²) in [6, 6.07) is 5.43. The van der Waals surface area contributed by atoms with Gasteiger partial charge in [-0.2, -0.15) is 5.26 Å². The summed E-state index contributed by atoms with van der Waals surface area (Å²) in [6.07, 6.45) is 3.23. The van der Waals surface area contributed by atoms with Crippen molar-refractivity contribution in [3.63, 3.8) is 0 Å². The number of hydrogen-bond acceptors (Lipinski definition) is 4. The Morgan fingerprint density at radius 1 is 1.60 bits per heavy atom. The Morgan fingerprint density at radius 2 is 2.40 bits per heavy atom. The highest BCUT2D eigenvalue weighted by Crippen LogP contribution is 2.15. The number of hydrogen-bond donors (Lipinski definition) is 0. The van der Waals surface area contributed by atoms with Crippen LogP contribution in [0.25, 0.3) is 0 Å². The van der Waals surface area contributed by atoms with Gasteiger partial charge in [0.1, 0.15) is 6.54 Å². The lowest BCUT2D eigenvalue weighted by atomic mass is 10.00. The summed E-state index contributed by atoms with van der Waals surface area (Å²) in [7, 11) is 1.42. The van der Waals surface area contributed by atoms with Crippen molar-refractivity contribution in [3.8, 4) is 11.8 Å². The van der Waals surface area contributed by atoms with E-state index in [1.54, 1.807) is 23.2 Å². The number of nitriles is 1. The summed E-state index contributed by atoms with van der Waals surface area (Å²) in [5.41, 5.74) is -0.322. The van der Waals surface area contributed by atoms with Crippen LogP contribution in [0.15, 0.2) is 23.1 Å². The predicted molar refractivity (Wildman–Crippen MR) is 72.2 cm³/mol. The highest BCUT2D eigenvalue weighted by Gasteiger charge is 2.23. The number of amides is 1. The molecule has 1 aromatic rings. The Hall–Kier alpha value is -2.29. The van der Waals surface area contributed by atoms with E-state index >= 15 is 0 Å². The molecule has 1 amide bonds. The SMILES string of the molecule is COc1cccn(CC(=O)N2CCC[C@@H](C#N)C2)c1=O. The van der Waals surface area contributed by atoms with Gasteiger partial charge in [0, 0.05) is 19.3 Å². The van der Waals surface area contributed by atoms with Gasteiger partial charge >= 0.3 is 0 Å². The second-order valence-electron chi connectivity index (χ2n) is 4.82. The summed E-state index contributed by atoms with van der Waals surface area (Å²) in [4.78, 5) is 25.8. The number of pyridine rings is 1. The minimum Gasteiger partial charge on any atom is -0.491 e. The average molecular weight is 275 g/mol. The van der Waals surface area contributed by atoms with E-state index < -0.39 is 0 Å². The van der Waals surface area contributed by atoms with Gasteiger partial charge in [0.2, 0.25) is 5.91 Å². The normalized spacial score (nSPS) is 18.4. The summed E-state index contributed by atoms with van der Waals surface area (Å²) < 4.78 is 6.28. The number of rotatable bonds is 3. The number of methoxy groups -OCH3 is 1. The van der Waals surface area contributed by atoms with Crippen LogP contribution in [0.4, 0.5) is 0 Å². The molecule has 1 atom stereocenters. The molecule has 1 fully saturated rings. The fourth-order valence-corrected chi connectivity index (χ4v) is 2.35. The maximum Gasteiger partial charge on any atom is 0.293 e. The maximum atomic E-state index is 12.2. The standard InChI is InChI=1S/C14H17N3O3/c1-20-12-5-3-7-17(14(12)19)10-13(18)16-6-2-4-11(8-15)9-16/h3,5,7,11H,2,4,6,9-10H2,1H3/t11-/m0/s1. The van der Waals surface area contributed by atoms with Crippen LogP contribution in [0.2, 0.25) is 0 Å². The third kappa shape index (κ3) is 2.99. The van der Waals surface area contributed by atoms with Gasteiger partial charge in [-0.3, -0.25) is 9.59 Å². The summed E-state index contributed by atoms with van der Waals surface area (Å²) >= 11 is 0. The molecule has 0 N–H and O–H groups in total. The van der Waals surface area contributed by atoms with Crippen LogP contribution in [-0.2, 0) is 11.3 Å². The van der Waals surface area contributed by atoms with E-state index in [9.17, 15) is 9.59 Å². The van der Waals surface area contributed by atoms with Crippen molar-refractivity contribution in [2.45, 2.75) is 19.4 Å². The molecule has 0 unspecified atom stereocenters. The van der Waals surface area contributed by atoms with Crippen LogP contribution in [0, 0.1) is 17.2 Å². The topological polar surface area (TPSA) is 75.3 Å². The monoisotopic (exact) mass is 275 g/mol. The summed E-state index contributed by atoms with van der Waals surface area (Å²) in [5.74, 6) is -0.0242. The van der Waals surface area contributed by atoms with Crippen molar-refractivity contribution in [1.82, 2.24) is 9.47 Å². The number of likely N-dealkylation sites (tertiary alicyclic amines) is 1. The number of ether oxygens (including phenoxy) is 1. The zero-order chi connectivity index (χ0) is 14.5. The average Bonchev–Trinajstić information content (AvgIpc) is 2.49. The van der Waals surface area contributed by atoms with Gasteiger partial charge < -0.3 is 14.2 Å². The molecular weight excluding hydrogens is 258 g/mol. The van der Waals surface area contributed by atoms with Gasteiger partial charge in [-0.15, -0.1) is 0 Å². The minimum atomic E-state index is -0.322. The molecule has 0 bridgehead atoms. The van der Waals surface area contributed by atoms with E-state index in [1.807, 2.05) is 0 Å². The molecule has 0 spiro atoms. The largest absolute Gasteiger partial charge is 0.491 e. The van der Waals surface area contributed by atoms with E-state index in [-0.39, 0.29) is 29.7 Å². The minimum absolute atomic E-state index is 0.0197. The van der Waals surface area contributed by atoms with Crippen LogP contribution in [0.5, 0.6) is 5.75 Å². The van der Waals surface area contributed by atoms with Gasteiger partial charge in [-0.05, 0) is 25.0 Å². The first-order valence-corrected chi connectivity index (χ1v) is 6.56. The van der Waals surface area contributed by atoms with Gasteiger partial charge in [0.05, 0.1) is 19.1 Å². The zero-order valence-corrected chi connectivity index (χ0v) is 11.4. The van der Waals surface area contributed by atoms with Crippen LogP contribution < -0.4 is 10.3 Å². The second kappa shape index (κ2) is 6.24. The van der Waals surface area contributed by atoms with Gasteiger partial charge in [-0.1, -0.05) is 0 Å². The first-order valence-electron chi connectivity index (χ1n) is 6.56. The maximum absolute atomic E-state index is 12.2. The molecule has 0 saturated carbocycles. The molecule has 2 heterocycles. The van der Waals surface area contributed by atoms with E-state index in [0.29, 0.717) is 13.1 Å². The molecule has 1 aliphatic rings. The summed E-state index contributed by atoms with van der Waals surface area (Å²) in [5, 5.41) is 8.93. The van der Waals surface area contributed by atoms with Gasteiger partial charge in [-0.25, -0.2) is 0 Å². The van der Waals surface area contributed by atoms with Crippen molar-refractivity contribution in [2.75, 3.05) is 20.2 Å². The summed E-state index contributed by atoms with van der Waals surface area (Å²) in [6.45, 7) is 1.08. The highest BCUT2D eigenvalue weighted by atomic mass is 16.5. The van der Waals surface area contributed by atoms with E-state index in [4.69, 9.17) is 10.00 Å². The second-order valence-corrected chi connectivity index (χ2v) is 4.82. The molecule has 0 aromatic carbocycles. The van der Waals surface area contributed by atoms with Crippen LogP contribution >= 0.6 is 0 Å². The molecule has 1 saturated heterocycles. The Morgan fingerprint density at radius 3 is 3.10 bits per heavy atom. The van der Waals surface area contributed by atoms with Gasteiger partial charge in [0.25, 0.3) is 5.56 Å². The van der Waals surface area contributed by atoms with E-state index in [0.717, 1.165) is 12.8 Å². The quantitative estimate of drug-likeness (QED) is 0.810. The molecule has 6 nitrogen and oxygen atoms in total. The molecule has 6 heteroatoms. The van der Waals surface area contributed by atoms with Crippen molar-refractivity contribution in [1.29, 1.82) is 5.26 Å². The Labute approximate surface area is 117 Å². The number of aromatic nitrogens is 1. The molecule has 20 heavy (non-hydrogen) atoms. The fourth-order valence-electron chi connectivity index (χ4n) is 2.35. The third-order valence-corrected chi connectivity index (χ3v) is 3.47. The molecule has 0 radical (unpaired) electrons. The van der Waals surface area contributed by atoms with Crippen LogP contribution in [0.3, 0.4) is 0 Å². The Bertz CT molecular complexity index is 588. The first-order chi connectivity index (χ1) is 9.65. The molecule has 106 valence electrons. The van der Waals surface area contributed by atoms with Crippen molar-refractivity contribution in [2.24, 2.45) is 5.92 Å². The molecule has 1 aromatic heterocycles. The van der Waals surface area contributed by atoms with Crippen LogP contribution in [0.1, 0.15) is 12.8 Å². The molecule has 1 aliphatic heterocycles. The predicted octanol–water partition coefficient (Wildman–Crippen LogP) is 0.619. The van der Waals surface area contributed by atoms with E-state index in [1.165, 1.54) is 11.7 Å². The fraction of sp³-hybridized carbons (Fsp3) is 0.500. The molecule has 2 rings (SSSR count). The Balaban J connectivity index is 2.08.